The number of aliphatic imine (C=N–C) groups is 1. The lowest BCUT2D eigenvalue weighted by Gasteiger charge is -2.12. The number of thioether (sulfide) groups is 1. The number of anilines is 1. The molecule has 0 radical (unpaired) electrons. The number of thiazole rings is 1. The van der Waals surface area contributed by atoms with Gasteiger partial charge in [-0.3, -0.25) is 35.1 Å². The fourth-order valence-corrected chi connectivity index (χ4v) is 3.21. The molecule has 12 nitrogen and oxygen atoms in total. The number of hydrogen-bond acceptors (Lipinski definition) is 11. The zero-order valence-electron chi connectivity index (χ0n) is 12.6. The van der Waals surface area contributed by atoms with Crippen LogP contribution in [0.25, 0.3) is 0 Å². The lowest BCUT2D eigenvalue weighted by Crippen LogP contribution is -2.30. The molecule has 2 heterocycles. The molecule has 1 aliphatic heterocycles. The smallest absolute Gasteiger partial charge is 0.305 e. The molecule has 0 saturated heterocycles. The summed E-state index contributed by atoms with van der Waals surface area (Å²) in [6.45, 7) is 0.135. The van der Waals surface area contributed by atoms with Crippen LogP contribution in [0.15, 0.2) is 11.2 Å². The van der Waals surface area contributed by atoms with Crippen LogP contribution in [0.5, 0.6) is 0 Å². The average molecular weight is 390 g/mol. The number of amidine groups is 1. The second-order valence-electron chi connectivity index (χ2n) is 4.75. The van der Waals surface area contributed by atoms with Crippen LogP contribution in [0.2, 0.25) is 0 Å². The quantitative estimate of drug-likeness (QED) is 0.388. The lowest BCUT2D eigenvalue weighted by molar-refractivity contribution is -0.380. The molecular weight excluding hydrogens is 376 g/mol. The van der Waals surface area contributed by atoms with Gasteiger partial charge >= 0.3 is 5.00 Å². The van der Waals surface area contributed by atoms with Crippen LogP contribution in [0, 0.1) is 10.1 Å². The van der Waals surface area contributed by atoms with E-state index in [-0.39, 0.29) is 52.2 Å². The van der Waals surface area contributed by atoms with Gasteiger partial charge in [0, 0.05) is 12.8 Å². The first kappa shape index (κ1) is 19.2. The molecular formula is C11H14N6O6S2. The van der Waals surface area contributed by atoms with Crippen LogP contribution >= 0.6 is 23.1 Å². The molecule has 1 aliphatic rings. The molecule has 1 aromatic heterocycles. The molecule has 0 saturated carbocycles. The minimum absolute atomic E-state index is 0.0284. The number of carbonyl (C=O) groups is 2. The van der Waals surface area contributed by atoms with E-state index in [4.69, 9.17) is 10.4 Å². The predicted octanol–water partition coefficient (Wildman–Crippen LogP) is 0.786. The van der Waals surface area contributed by atoms with Crippen molar-refractivity contribution in [1.29, 1.82) is 0 Å². The van der Waals surface area contributed by atoms with Gasteiger partial charge in [-0.15, -0.1) is 0 Å². The van der Waals surface area contributed by atoms with Crippen molar-refractivity contribution >= 4 is 50.2 Å². The van der Waals surface area contributed by atoms with Gasteiger partial charge in [-0.2, -0.15) is 0 Å². The normalized spacial score (nSPS) is 16.6. The molecule has 0 fully saturated rings. The van der Waals surface area contributed by atoms with E-state index in [0.29, 0.717) is 0 Å². The van der Waals surface area contributed by atoms with Crippen molar-refractivity contribution in [3.05, 3.63) is 16.3 Å². The standard InChI is InChI=1S/C11H14N6O6S2/c18-6(14-10-12-4-8(24-10)16(20)21)2-1-3-7(19)15-11-13-5-9(25-11)17(22)23/h4,9,22-23H,1-3,5H2,(H,12,14,18)(H,13,15,19). The van der Waals surface area contributed by atoms with E-state index in [9.17, 15) is 19.7 Å². The Balaban J connectivity index is 1.65. The Morgan fingerprint density at radius 2 is 2.04 bits per heavy atom. The molecule has 0 bridgehead atoms. The first-order valence-corrected chi connectivity index (χ1v) is 8.63. The van der Waals surface area contributed by atoms with Crippen molar-refractivity contribution < 1.29 is 24.9 Å². The van der Waals surface area contributed by atoms with Gasteiger partial charge in [-0.05, 0) is 17.8 Å². The number of amides is 2. The SMILES string of the molecule is O=C(CCCC(=O)Nc1ncc([N+](=O)[O-])s1)NC1=NCC(N(O)O)S1. The fraction of sp³-hybridized carbons (Fsp3) is 0.455. The number of rotatable bonds is 7. The highest BCUT2D eigenvalue weighted by atomic mass is 32.2. The maximum atomic E-state index is 11.7. The summed E-state index contributed by atoms with van der Waals surface area (Å²) in [5.41, 5.74) is 0. The van der Waals surface area contributed by atoms with E-state index in [1.165, 1.54) is 0 Å². The highest BCUT2D eigenvalue weighted by Crippen LogP contribution is 2.25. The van der Waals surface area contributed by atoms with E-state index in [0.717, 1.165) is 29.3 Å². The van der Waals surface area contributed by atoms with Gasteiger partial charge in [0.2, 0.25) is 11.8 Å². The summed E-state index contributed by atoms with van der Waals surface area (Å²) < 4.78 is 0. The van der Waals surface area contributed by atoms with Gasteiger partial charge in [0.05, 0.1) is 11.5 Å². The number of aromatic nitrogens is 1. The highest BCUT2D eigenvalue weighted by Gasteiger charge is 2.25. The van der Waals surface area contributed by atoms with E-state index in [1.54, 1.807) is 0 Å². The molecule has 1 unspecified atom stereocenters. The fourth-order valence-electron chi connectivity index (χ4n) is 1.73. The average Bonchev–Trinajstić information content (AvgIpc) is 3.16. The molecule has 0 spiro atoms. The topological polar surface area (TPSA) is 170 Å². The Morgan fingerprint density at radius 1 is 1.36 bits per heavy atom. The number of hydroxylamine groups is 2. The third-order valence-electron chi connectivity index (χ3n) is 2.87. The second kappa shape index (κ2) is 8.82. The summed E-state index contributed by atoms with van der Waals surface area (Å²) >= 11 is 1.74. The predicted molar refractivity (Wildman–Crippen MR) is 88.5 cm³/mol. The molecule has 2 rings (SSSR count). The van der Waals surface area contributed by atoms with Crippen molar-refractivity contribution in [2.45, 2.75) is 24.6 Å². The molecule has 4 N–H and O–H groups in total. The van der Waals surface area contributed by atoms with E-state index in [1.807, 2.05) is 0 Å². The summed E-state index contributed by atoms with van der Waals surface area (Å²) in [7, 11) is 0. The number of nitrogens with one attached hydrogen (secondary N) is 2. The van der Waals surface area contributed by atoms with Gasteiger partial charge in [0.25, 0.3) is 0 Å². The van der Waals surface area contributed by atoms with E-state index in [2.05, 4.69) is 20.6 Å². The van der Waals surface area contributed by atoms with Crippen LogP contribution < -0.4 is 10.6 Å². The van der Waals surface area contributed by atoms with E-state index >= 15 is 0 Å². The minimum atomic E-state index is -0.663. The molecule has 136 valence electrons. The molecule has 1 aromatic rings. The third kappa shape index (κ3) is 6.02. The summed E-state index contributed by atoms with van der Waals surface area (Å²) in [5.74, 6) is -0.757. The monoisotopic (exact) mass is 390 g/mol. The van der Waals surface area contributed by atoms with Crippen LogP contribution in [-0.4, -0.2) is 54.4 Å². The van der Waals surface area contributed by atoms with Crippen LogP contribution in [0.4, 0.5) is 10.1 Å². The van der Waals surface area contributed by atoms with Crippen LogP contribution in [0.3, 0.4) is 0 Å². The third-order valence-corrected chi connectivity index (χ3v) is 4.80. The molecule has 25 heavy (non-hydrogen) atoms. The number of nitrogens with zero attached hydrogens (tertiary/aromatic N) is 4. The summed E-state index contributed by atoms with van der Waals surface area (Å²) in [6.07, 6.45) is 1.43. The maximum absolute atomic E-state index is 11.7. The largest absolute Gasteiger partial charge is 0.345 e. The van der Waals surface area contributed by atoms with Crippen LogP contribution in [0.1, 0.15) is 19.3 Å². The minimum Gasteiger partial charge on any atom is -0.305 e. The maximum Gasteiger partial charge on any atom is 0.345 e. The van der Waals surface area contributed by atoms with Crippen molar-refractivity contribution in [3.63, 3.8) is 0 Å². The van der Waals surface area contributed by atoms with Crippen molar-refractivity contribution in [2.24, 2.45) is 4.99 Å². The zero-order valence-corrected chi connectivity index (χ0v) is 14.2. The Labute approximate surface area is 149 Å². The number of carbonyl (C=O) groups excluding carboxylic acids is 2. The molecule has 2 amide bonds. The van der Waals surface area contributed by atoms with Crippen LogP contribution in [-0.2, 0) is 9.59 Å². The Hall–Kier alpha value is -2.13. The van der Waals surface area contributed by atoms with Gasteiger partial charge in [-0.1, -0.05) is 17.0 Å². The Bertz CT molecular complexity index is 692. The number of hydrogen-bond donors (Lipinski definition) is 4. The van der Waals surface area contributed by atoms with Crippen molar-refractivity contribution in [2.75, 3.05) is 11.9 Å². The number of nitro groups is 1. The first-order valence-electron chi connectivity index (χ1n) is 6.93. The lowest BCUT2D eigenvalue weighted by atomic mass is 10.2. The van der Waals surface area contributed by atoms with E-state index < -0.39 is 16.2 Å². The van der Waals surface area contributed by atoms with Gasteiger partial charge in [-0.25, -0.2) is 4.98 Å². The second-order valence-corrected chi connectivity index (χ2v) is 6.93. The molecule has 14 heteroatoms. The van der Waals surface area contributed by atoms with Gasteiger partial charge in [0.15, 0.2) is 10.3 Å². The molecule has 1 atom stereocenters. The highest BCUT2D eigenvalue weighted by molar-refractivity contribution is 8.14. The van der Waals surface area contributed by atoms with Crippen molar-refractivity contribution in [1.82, 2.24) is 15.5 Å². The summed E-state index contributed by atoms with van der Waals surface area (Å²) in [4.78, 5) is 41.0. The van der Waals surface area contributed by atoms with Gasteiger partial charge in [0.1, 0.15) is 11.6 Å². The Kier molecular flexibility index (Phi) is 6.77. The molecule has 0 aromatic carbocycles. The molecule has 0 aliphatic carbocycles. The zero-order chi connectivity index (χ0) is 18.4. The van der Waals surface area contributed by atoms with Gasteiger partial charge < -0.3 is 10.6 Å². The summed E-state index contributed by atoms with van der Waals surface area (Å²) in [5, 5.41) is 32.8. The van der Waals surface area contributed by atoms with Crippen molar-refractivity contribution in [3.8, 4) is 0 Å². The Morgan fingerprint density at radius 3 is 2.60 bits per heavy atom. The summed E-state index contributed by atoms with van der Waals surface area (Å²) in [6, 6.07) is 0. The first-order chi connectivity index (χ1) is 11.8.